The molecule has 5 nitrogen and oxygen atoms in total. The molecule has 2 heterocycles. The first-order valence-corrected chi connectivity index (χ1v) is 17.2. The summed E-state index contributed by atoms with van der Waals surface area (Å²) in [7, 11) is 0. The standard InChI is InChI=1S/C12H11N4O.3CH3.Sn/c1-2-4-9(5-3-1)12-7-11(17-15-12)6-10-8-13-16-14-10;;;;/h2-5,8,11H,6-7H2,(H,13,14,16);3*1H3;. The van der Waals surface area contributed by atoms with E-state index in [9.17, 15) is 0 Å². The molecule has 0 bridgehead atoms. The van der Waals surface area contributed by atoms with Gasteiger partial charge in [-0.25, -0.2) is 0 Å². The maximum absolute atomic E-state index is 5.51. The number of hydrogen-bond donors (Lipinski definition) is 1. The van der Waals surface area contributed by atoms with Crippen molar-refractivity contribution in [1.29, 1.82) is 0 Å². The third-order valence-corrected chi connectivity index (χ3v) is 9.61. The molecule has 21 heavy (non-hydrogen) atoms. The van der Waals surface area contributed by atoms with E-state index >= 15 is 0 Å². The van der Waals surface area contributed by atoms with Gasteiger partial charge in [0.15, 0.2) is 0 Å². The molecule has 0 radical (unpaired) electrons. The van der Waals surface area contributed by atoms with Crippen LogP contribution in [0, 0.1) is 0 Å². The molecule has 1 aromatic carbocycles. The predicted molar refractivity (Wildman–Crippen MR) is 85.5 cm³/mol. The fourth-order valence-corrected chi connectivity index (χ4v) is 5.76. The molecule has 1 unspecified atom stereocenters. The summed E-state index contributed by atoms with van der Waals surface area (Å²) in [5.74, 6) is 0. The Morgan fingerprint density at radius 1 is 1.24 bits per heavy atom. The van der Waals surface area contributed by atoms with Gasteiger partial charge in [-0.3, -0.25) is 0 Å². The molecule has 0 amide bonds. The minimum absolute atomic E-state index is 0.0616. The molecule has 0 aliphatic carbocycles. The van der Waals surface area contributed by atoms with Gasteiger partial charge < -0.3 is 0 Å². The molecule has 1 aliphatic rings. The van der Waals surface area contributed by atoms with Crippen molar-refractivity contribution in [3.05, 3.63) is 41.7 Å². The molecule has 0 saturated carbocycles. The summed E-state index contributed by atoms with van der Waals surface area (Å²) in [4.78, 5) is 12.8. The molecule has 6 heteroatoms. The quantitative estimate of drug-likeness (QED) is 0.813. The predicted octanol–water partition coefficient (Wildman–Crippen LogP) is 2.09. The molecular formula is C15H20N4OSn. The number of aromatic nitrogens is 3. The number of oxime groups is 1. The fourth-order valence-electron chi connectivity index (χ4n) is 2.43. The molecule has 0 spiro atoms. The SMILES string of the molecule is [CH3][Sn]([CH3])([CH3])[c]1ccc(C2=NOC(Cc3cn[nH]n3)C2)cc1. The number of rotatable bonds is 4. The molecule has 0 saturated heterocycles. The van der Waals surface area contributed by atoms with Crippen LogP contribution in [0.1, 0.15) is 17.7 Å². The third-order valence-electron chi connectivity index (χ3n) is 3.72. The van der Waals surface area contributed by atoms with Gasteiger partial charge in [0.2, 0.25) is 0 Å². The van der Waals surface area contributed by atoms with Crippen LogP contribution in [0.3, 0.4) is 0 Å². The Balaban J connectivity index is 1.66. The fraction of sp³-hybridized carbons (Fsp3) is 0.400. The average molecular weight is 391 g/mol. The number of H-pyrrole nitrogens is 1. The molecule has 1 atom stereocenters. The van der Waals surface area contributed by atoms with E-state index in [0.717, 1.165) is 29.8 Å². The van der Waals surface area contributed by atoms with Gasteiger partial charge in [-0.05, 0) is 0 Å². The first-order valence-electron chi connectivity index (χ1n) is 7.20. The van der Waals surface area contributed by atoms with Crippen molar-refractivity contribution < 1.29 is 4.84 Å². The zero-order valence-electron chi connectivity index (χ0n) is 12.6. The molecule has 0 fully saturated rings. The van der Waals surface area contributed by atoms with E-state index in [1.807, 2.05) is 0 Å². The van der Waals surface area contributed by atoms with Gasteiger partial charge in [0, 0.05) is 0 Å². The maximum atomic E-state index is 5.51. The summed E-state index contributed by atoms with van der Waals surface area (Å²) in [5, 5.41) is 14.7. The zero-order chi connectivity index (χ0) is 14.9. The van der Waals surface area contributed by atoms with Gasteiger partial charge in [-0.1, -0.05) is 0 Å². The van der Waals surface area contributed by atoms with E-state index in [-0.39, 0.29) is 6.10 Å². The Hall–Kier alpha value is -1.37. The number of benzene rings is 1. The first-order chi connectivity index (χ1) is 10.0. The number of nitrogens with one attached hydrogen (secondary N) is 1. The van der Waals surface area contributed by atoms with Gasteiger partial charge in [0.05, 0.1) is 0 Å². The summed E-state index contributed by atoms with van der Waals surface area (Å²) in [5.41, 5.74) is 3.10. The van der Waals surface area contributed by atoms with E-state index in [0.29, 0.717) is 0 Å². The van der Waals surface area contributed by atoms with Crippen LogP contribution >= 0.6 is 0 Å². The van der Waals surface area contributed by atoms with Crippen LogP contribution in [0.15, 0.2) is 35.6 Å². The van der Waals surface area contributed by atoms with E-state index < -0.39 is 18.4 Å². The van der Waals surface area contributed by atoms with E-state index in [1.54, 1.807) is 6.20 Å². The van der Waals surface area contributed by atoms with Crippen LogP contribution in [0.5, 0.6) is 0 Å². The van der Waals surface area contributed by atoms with Gasteiger partial charge in [0.25, 0.3) is 0 Å². The van der Waals surface area contributed by atoms with Crippen molar-refractivity contribution >= 4 is 27.7 Å². The molecule has 1 N–H and O–H groups in total. The van der Waals surface area contributed by atoms with E-state index in [1.165, 1.54) is 3.58 Å². The molecule has 3 rings (SSSR count). The van der Waals surface area contributed by atoms with Crippen LogP contribution in [-0.2, 0) is 11.3 Å². The number of nitrogens with zero attached hydrogens (tertiary/aromatic N) is 3. The van der Waals surface area contributed by atoms with Gasteiger partial charge >= 0.3 is 129 Å². The van der Waals surface area contributed by atoms with Crippen LogP contribution in [-0.4, -0.2) is 45.6 Å². The van der Waals surface area contributed by atoms with Crippen LogP contribution in [0.4, 0.5) is 0 Å². The number of aromatic amines is 1. The van der Waals surface area contributed by atoms with Gasteiger partial charge in [-0.2, -0.15) is 0 Å². The molecular weight excluding hydrogens is 371 g/mol. The van der Waals surface area contributed by atoms with Crippen LogP contribution < -0.4 is 3.58 Å². The van der Waals surface area contributed by atoms with Crippen molar-refractivity contribution in [2.45, 2.75) is 33.8 Å². The summed E-state index contributed by atoms with van der Waals surface area (Å²) in [6.45, 7) is 0. The first kappa shape index (κ1) is 14.6. The summed E-state index contributed by atoms with van der Waals surface area (Å²) < 4.78 is 1.53. The normalized spacial score (nSPS) is 18.4. The topological polar surface area (TPSA) is 63.2 Å². The Morgan fingerprint density at radius 3 is 2.62 bits per heavy atom. The molecule has 1 aliphatic heterocycles. The summed E-state index contributed by atoms with van der Waals surface area (Å²) in [6.07, 6.45) is 3.35. The summed E-state index contributed by atoms with van der Waals surface area (Å²) in [6, 6.07) is 8.88. The van der Waals surface area contributed by atoms with Crippen molar-refractivity contribution in [3.63, 3.8) is 0 Å². The average Bonchev–Trinajstić information content (AvgIpc) is 3.10. The Bertz CT molecular complexity index is 629. The Morgan fingerprint density at radius 2 is 2.00 bits per heavy atom. The number of hydrogen-bond acceptors (Lipinski definition) is 4. The summed E-state index contributed by atoms with van der Waals surface area (Å²) >= 11 is -1.96. The zero-order valence-corrected chi connectivity index (χ0v) is 15.5. The van der Waals surface area contributed by atoms with Crippen molar-refractivity contribution in [3.8, 4) is 0 Å². The van der Waals surface area contributed by atoms with Crippen LogP contribution in [0.2, 0.25) is 14.8 Å². The van der Waals surface area contributed by atoms with E-state index in [4.69, 9.17) is 4.84 Å². The third kappa shape index (κ3) is 3.45. The second-order valence-corrected chi connectivity index (χ2v) is 21.0. The second kappa shape index (κ2) is 5.79. The monoisotopic (exact) mass is 392 g/mol. The van der Waals surface area contributed by atoms with Gasteiger partial charge in [0.1, 0.15) is 0 Å². The van der Waals surface area contributed by atoms with Gasteiger partial charge in [-0.15, -0.1) is 0 Å². The minimum atomic E-state index is -1.96. The second-order valence-electron chi connectivity index (χ2n) is 6.46. The Kier molecular flexibility index (Phi) is 4.01. The Labute approximate surface area is 128 Å². The molecule has 1 aromatic heterocycles. The molecule has 2 aromatic rings. The van der Waals surface area contributed by atoms with E-state index in [2.05, 4.69) is 59.7 Å². The molecule has 110 valence electrons. The van der Waals surface area contributed by atoms with Crippen LogP contribution in [0.25, 0.3) is 0 Å². The van der Waals surface area contributed by atoms with Crippen molar-refractivity contribution in [2.75, 3.05) is 0 Å². The van der Waals surface area contributed by atoms with Crippen molar-refractivity contribution in [2.24, 2.45) is 5.16 Å². The van der Waals surface area contributed by atoms with Crippen molar-refractivity contribution in [1.82, 2.24) is 15.4 Å².